The van der Waals surface area contributed by atoms with Gasteiger partial charge in [-0.1, -0.05) is 11.6 Å². The van der Waals surface area contributed by atoms with Gasteiger partial charge in [0.05, 0.1) is 22.2 Å². The van der Waals surface area contributed by atoms with Crippen molar-refractivity contribution in [2.75, 3.05) is 16.2 Å². The van der Waals surface area contributed by atoms with Gasteiger partial charge in [0.25, 0.3) is 0 Å². The lowest BCUT2D eigenvalue weighted by molar-refractivity contribution is 0.602. The van der Waals surface area contributed by atoms with E-state index >= 15 is 0 Å². The topological polar surface area (TPSA) is 72.2 Å². The summed E-state index contributed by atoms with van der Waals surface area (Å²) in [5.74, 6) is 0.0228. The molecule has 0 saturated heterocycles. The van der Waals surface area contributed by atoms with Gasteiger partial charge in [0, 0.05) is 0 Å². The number of nitrogens with one attached hydrogen (secondary N) is 1. The van der Waals surface area contributed by atoms with Crippen molar-refractivity contribution in [3.05, 3.63) is 23.2 Å². The van der Waals surface area contributed by atoms with E-state index in [0.717, 1.165) is 0 Å². The van der Waals surface area contributed by atoms with Crippen LogP contribution in [0.2, 0.25) is 5.02 Å². The third-order valence-electron chi connectivity index (χ3n) is 1.65. The SMILES string of the molecule is CCS(=O)(=O)Nc1ccc(N)c(Cl)c1. The Hall–Kier alpha value is -0.940. The molecule has 14 heavy (non-hydrogen) atoms. The minimum absolute atomic E-state index is 0.0228. The Morgan fingerprint density at radius 3 is 2.64 bits per heavy atom. The molecule has 0 radical (unpaired) electrons. The van der Waals surface area contributed by atoms with Gasteiger partial charge in [0.15, 0.2) is 0 Å². The number of hydrogen-bond donors (Lipinski definition) is 2. The number of hydrogen-bond acceptors (Lipinski definition) is 3. The van der Waals surface area contributed by atoms with Crippen molar-refractivity contribution in [2.45, 2.75) is 6.92 Å². The van der Waals surface area contributed by atoms with Crippen LogP contribution in [0.3, 0.4) is 0 Å². The molecule has 0 amide bonds. The second-order valence-corrected chi connectivity index (χ2v) is 5.16. The summed E-state index contributed by atoms with van der Waals surface area (Å²) in [6, 6.07) is 4.59. The molecule has 0 aliphatic rings. The van der Waals surface area contributed by atoms with Gasteiger partial charge in [-0.2, -0.15) is 0 Å². The Morgan fingerprint density at radius 2 is 2.14 bits per heavy atom. The van der Waals surface area contributed by atoms with Crippen molar-refractivity contribution < 1.29 is 8.42 Å². The van der Waals surface area contributed by atoms with E-state index < -0.39 is 10.0 Å². The lowest BCUT2D eigenvalue weighted by Crippen LogP contribution is -2.14. The molecule has 1 aromatic rings. The van der Waals surface area contributed by atoms with Crippen molar-refractivity contribution >= 4 is 33.0 Å². The molecule has 0 atom stereocenters. The molecule has 78 valence electrons. The summed E-state index contributed by atoms with van der Waals surface area (Å²) in [4.78, 5) is 0. The normalized spacial score (nSPS) is 11.3. The predicted octanol–water partition coefficient (Wildman–Crippen LogP) is 1.68. The van der Waals surface area contributed by atoms with E-state index in [2.05, 4.69) is 4.72 Å². The van der Waals surface area contributed by atoms with E-state index in [1.54, 1.807) is 19.1 Å². The molecule has 1 rings (SSSR count). The van der Waals surface area contributed by atoms with Gasteiger partial charge < -0.3 is 5.73 Å². The quantitative estimate of drug-likeness (QED) is 0.782. The van der Waals surface area contributed by atoms with E-state index in [1.165, 1.54) is 6.07 Å². The number of anilines is 2. The molecule has 0 saturated carbocycles. The number of nitrogens with two attached hydrogens (primary N) is 1. The van der Waals surface area contributed by atoms with Gasteiger partial charge in [0.2, 0.25) is 10.0 Å². The molecule has 0 unspecified atom stereocenters. The monoisotopic (exact) mass is 234 g/mol. The van der Waals surface area contributed by atoms with Crippen LogP contribution in [0.5, 0.6) is 0 Å². The molecule has 1 aromatic carbocycles. The maximum absolute atomic E-state index is 11.2. The van der Waals surface area contributed by atoms with Crippen LogP contribution < -0.4 is 10.5 Å². The fourth-order valence-electron chi connectivity index (χ4n) is 0.842. The van der Waals surface area contributed by atoms with E-state index in [1.807, 2.05) is 0 Å². The van der Waals surface area contributed by atoms with Crippen LogP contribution in [0.15, 0.2) is 18.2 Å². The minimum atomic E-state index is -3.25. The second kappa shape index (κ2) is 4.06. The van der Waals surface area contributed by atoms with Gasteiger partial charge in [-0.05, 0) is 25.1 Å². The molecule has 0 aliphatic carbocycles. The average Bonchev–Trinajstić information content (AvgIpc) is 2.11. The summed E-state index contributed by atoms with van der Waals surface area (Å²) in [6.07, 6.45) is 0. The van der Waals surface area contributed by atoms with Gasteiger partial charge in [-0.15, -0.1) is 0 Å². The first-order chi connectivity index (χ1) is 6.44. The minimum Gasteiger partial charge on any atom is -0.398 e. The zero-order valence-electron chi connectivity index (χ0n) is 7.62. The Balaban J connectivity index is 2.94. The first kappa shape index (κ1) is 11.1. The summed E-state index contributed by atoms with van der Waals surface area (Å²) in [7, 11) is -3.25. The van der Waals surface area contributed by atoms with Crippen LogP contribution in [0.4, 0.5) is 11.4 Å². The standard InChI is InChI=1S/C8H11ClN2O2S/c1-2-14(12,13)11-6-3-4-8(10)7(9)5-6/h3-5,11H,2,10H2,1H3. The molecule has 0 aromatic heterocycles. The Bertz CT molecular complexity index is 431. The Morgan fingerprint density at radius 1 is 1.50 bits per heavy atom. The van der Waals surface area contributed by atoms with Crippen molar-refractivity contribution in [1.82, 2.24) is 0 Å². The van der Waals surface area contributed by atoms with Crippen molar-refractivity contribution in [2.24, 2.45) is 0 Å². The molecule has 0 fully saturated rings. The third-order valence-corrected chi connectivity index (χ3v) is 3.29. The van der Waals surface area contributed by atoms with Gasteiger partial charge in [0.1, 0.15) is 0 Å². The first-order valence-electron chi connectivity index (χ1n) is 4.00. The van der Waals surface area contributed by atoms with Crippen LogP contribution in [0.1, 0.15) is 6.92 Å². The van der Waals surface area contributed by atoms with Gasteiger partial charge in [-0.3, -0.25) is 4.72 Å². The van der Waals surface area contributed by atoms with Crippen molar-refractivity contribution in [3.63, 3.8) is 0 Å². The van der Waals surface area contributed by atoms with Gasteiger partial charge >= 0.3 is 0 Å². The molecule has 4 nitrogen and oxygen atoms in total. The maximum Gasteiger partial charge on any atom is 0.232 e. The first-order valence-corrected chi connectivity index (χ1v) is 6.03. The van der Waals surface area contributed by atoms with Crippen molar-refractivity contribution in [1.29, 1.82) is 0 Å². The number of benzene rings is 1. The molecule has 0 heterocycles. The average molecular weight is 235 g/mol. The number of nitrogen functional groups attached to an aromatic ring is 1. The molecule has 0 spiro atoms. The lowest BCUT2D eigenvalue weighted by atomic mass is 10.3. The highest BCUT2D eigenvalue weighted by atomic mass is 35.5. The predicted molar refractivity (Wildman–Crippen MR) is 58.9 cm³/mol. The van der Waals surface area contributed by atoms with Crippen molar-refractivity contribution in [3.8, 4) is 0 Å². The molecule has 0 bridgehead atoms. The summed E-state index contributed by atoms with van der Waals surface area (Å²) < 4.78 is 24.7. The number of rotatable bonds is 3. The zero-order chi connectivity index (χ0) is 10.8. The van der Waals surface area contributed by atoms with E-state index in [4.69, 9.17) is 17.3 Å². The van der Waals surface area contributed by atoms with E-state index in [-0.39, 0.29) is 5.75 Å². The number of halogens is 1. The smallest absolute Gasteiger partial charge is 0.232 e. The maximum atomic E-state index is 11.2. The Labute approximate surface area is 88.1 Å². The molecular weight excluding hydrogens is 224 g/mol. The highest BCUT2D eigenvalue weighted by Crippen LogP contribution is 2.23. The summed E-state index contributed by atoms with van der Waals surface area (Å²) in [5.41, 5.74) is 6.32. The van der Waals surface area contributed by atoms with Crippen LogP contribution >= 0.6 is 11.6 Å². The van der Waals surface area contributed by atoms with Crippen LogP contribution in [0, 0.1) is 0 Å². The van der Waals surface area contributed by atoms with Crippen LogP contribution in [0.25, 0.3) is 0 Å². The lowest BCUT2D eigenvalue weighted by Gasteiger charge is -2.06. The third kappa shape index (κ3) is 2.78. The number of sulfonamides is 1. The highest BCUT2D eigenvalue weighted by molar-refractivity contribution is 7.92. The van der Waals surface area contributed by atoms with E-state index in [0.29, 0.717) is 16.4 Å². The molecule has 0 aliphatic heterocycles. The Kier molecular flexibility index (Phi) is 3.23. The summed E-state index contributed by atoms with van der Waals surface area (Å²) >= 11 is 5.73. The largest absolute Gasteiger partial charge is 0.398 e. The fraction of sp³-hybridized carbons (Fsp3) is 0.250. The molecule has 6 heteroatoms. The fourth-order valence-corrected chi connectivity index (χ4v) is 1.65. The zero-order valence-corrected chi connectivity index (χ0v) is 9.19. The summed E-state index contributed by atoms with van der Waals surface area (Å²) in [6.45, 7) is 1.56. The molecule has 3 N–H and O–H groups in total. The van der Waals surface area contributed by atoms with E-state index in [9.17, 15) is 8.42 Å². The highest BCUT2D eigenvalue weighted by Gasteiger charge is 2.07. The second-order valence-electron chi connectivity index (χ2n) is 2.74. The van der Waals surface area contributed by atoms with Gasteiger partial charge in [-0.25, -0.2) is 8.42 Å². The van der Waals surface area contributed by atoms with Crippen LogP contribution in [-0.2, 0) is 10.0 Å². The molecular formula is C8H11ClN2O2S. The van der Waals surface area contributed by atoms with Crippen LogP contribution in [-0.4, -0.2) is 14.2 Å². The summed E-state index contributed by atoms with van der Waals surface area (Å²) in [5, 5.41) is 0.335.